The Morgan fingerprint density at radius 2 is 1.81 bits per heavy atom. The molecule has 0 aliphatic heterocycles. The molecular weight excluding hydrogens is 311 g/mol. The molecule has 2 aromatic carbocycles. The van der Waals surface area contributed by atoms with Crippen molar-refractivity contribution in [2.24, 2.45) is 5.10 Å². The van der Waals surface area contributed by atoms with E-state index in [2.05, 4.69) is 10.5 Å². The van der Waals surface area contributed by atoms with E-state index in [1.165, 1.54) is 0 Å². The van der Waals surface area contributed by atoms with Gasteiger partial charge in [0.15, 0.2) is 0 Å². The van der Waals surface area contributed by atoms with Crippen LogP contribution in [0.1, 0.15) is 5.56 Å². The van der Waals surface area contributed by atoms with Crippen molar-refractivity contribution in [3.63, 3.8) is 0 Å². The number of anilines is 1. The smallest absolute Gasteiger partial charge is 0.352 e. The van der Waals surface area contributed by atoms with Gasteiger partial charge < -0.3 is 5.11 Å². The molecule has 0 aromatic heterocycles. The minimum atomic E-state index is -1.08. The Labute approximate surface area is 132 Å². The fourth-order valence-corrected chi connectivity index (χ4v) is 1.95. The highest BCUT2D eigenvalue weighted by molar-refractivity contribution is 6.42. The highest BCUT2D eigenvalue weighted by atomic mass is 35.5. The lowest BCUT2D eigenvalue weighted by Crippen LogP contribution is -2.17. The van der Waals surface area contributed by atoms with Gasteiger partial charge in [0.2, 0.25) is 0 Å². The number of halogens is 2. The predicted octanol–water partition coefficient (Wildman–Crippen LogP) is 4.09. The number of carboxylic acid groups (broad SMARTS) is 1. The van der Waals surface area contributed by atoms with Gasteiger partial charge in [-0.2, -0.15) is 5.10 Å². The lowest BCUT2D eigenvalue weighted by atomic mass is 10.1. The van der Waals surface area contributed by atoms with Crippen LogP contribution < -0.4 is 5.43 Å². The number of hydrazone groups is 1. The van der Waals surface area contributed by atoms with E-state index in [0.29, 0.717) is 15.7 Å². The van der Waals surface area contributed by atoms with Gasteiger partial charge in [-0.15, -0.1) is 0 Å². The molecule has 108 valence electrons. The van der Waals surface area contributed by atoms with Crippen molar-refractivity contribution < 1.29 is 9.90 Å². The Morgan fingerprint density at radius 3 is 2.43 bits per heavy atom. The van der Waals surface area contributed by atoms with E-state index in [0.717, 1.165) is 5.56 Å². The summed E-state index contributed by atoms with van der Waals surface area (Å²) in [5.74, 6) is -1.08. The van der Waals surface area contributed by atoms with Crippen LogP contribution in [-0.2, 0) is 11.2 Å². The maximum absolute atomic E-state index is 11.2. The number of benzene rings is 2. The first-order chi connectivity index (χ1) is 10.1. The van der Waals surface area contributed by atoms with Crippen LogP contribution in [0, 0.1) is 0 Å². The van der Waals surface area contributed by atoms with E-state index < -0.39 is 5.97 Å². The molecule has 2 rings (SSSR count). The van der Waals surface area contributed by atoms with Crippen molar-refractivity contribution in [2.75, 3.05) is 5.43 Å². The second kappa shape index (κ2) is 7.11. The number of hydrogen-bond donors (Lipinski definition) is 2. The molecule has 0 amide bonds. The fourth-order valence-electron chi connectivity index (χ4n) is 1.65. The van der Waals surface area contributed by atoms with E-state index in [1.54, 1.807) is 18.2 Å². The van der Waals surface area contributed by atoms with E-state index >= 15 is 0 Å². The Balaban J connectivity index is 2.14. The first-order valence-corrected chi connectivity index (χ1v) is 6.86. The maximum Gasteiger partial charge on any atom is 0.352 e. The summed E-state index contributed by atoms with van der Waals surface area (Å²) < 4.78 is 0. The lowest BCUT2D eigenvalue weighted by Gasteiger charge is -2.05. The number of aliphatic carboxylic acids is 1. The molecule has 0 heterocycles. The summed E-state index contributed by atoms with van der Waals surface area (Å²) in [6, 6.07) is 14.1. The van der Waals surface area contributed by atoms with Crippen LogP contribution in [0.25, 0.3) is 0 Å². The minimum Gasteiger partial charge on any atom is -0.477 e. The second-order valence-corrected chi connectivity index (χ2v) is 5.08. The lowest BCUT2D eigenvalue weighted by molar-refractivity contribution is -0.129. The monoisotopic (exact) mass is 322 g/mol. The zero-order chi connectivity index (χ0) is 15.2. The summed E-state index contributed by atoms with van der Waals surface area (Å²) in [5, 5.41) is 13.9. The Kier molecular flexibility index (Phi) is 5.20. The van der Waals surface area contributed by atoms with Gasteiger partial charge in [0, 0.05) is 6.42 Å². The zero-order valence-electron chi connectivity index (χ0n) is 10.9. The first kappa shape index (κ1) is 15.4. The summed E-state index contributed by atoms with van der Waals surface area (Å²) in [4.78, 5) is 11.2. The Morgan fingerprint density at radius 1 is 1.10 bits per heavy atom. The molecule has 4 nitrogen and oxygen atoms in total. The molecule has 0 atom stereocenters. The molecule has 0 radical (unpaired) electrons. The maximum atomic E-state index is 11.2. The van der Waals surface area contributed by atoms with Crippen LogP contribution in [0.15, 0.2) is 53.6 Å². The first-order valence-electron chi connectivity index (χ1n) is 6.11. The average molecular weight is 323 g/mol. The molecule has 0 saturated carbocycles. The third-order valence-electron chi connectivity index (χ3n) is 2.70. The normalized spacial score (nSPS) is 11.2. The fraction of sp³-hybridized carbons (Fsp3) is 0.0667. The minimum absolute atomic E-state index is 0.00673. The highest BCUT2D eigenvalue weighted by Crippen LogP contribution is 2.24. The largest absolute Gasteiger partial charge is 0.477 e. The Hall–Kier alpha value is -2.04. The number of rotatable bonds is 5. The molecule has 0 aliphatic carbocycles. The van der Waals surface area contributed by atoms with Crippen molar-refractivity contribution in [1.29, 1.82) is 0 Å². The molecular formula is C15H12Cl2N2O2. The number of nitrogens with zero attached hydrogens (tertiary/aromatic N) is 1. The van der Waals surface area contributed by atoms with Crippen LogP contribution in [0.2, 0.25) is 10.0 Å². The van der Waals surface area contributed by atoms with Crippen molar-refractivity contribution in [2.45, 2.75) is 6.42 Å². The van der Waals surface area contributed by atoms with Crippen molar-refractivity contribution >= 4 is 40.6 Å². The van der Waals surface area contributed by atoms with Crippen LogP contribution in [0.3, 0.4) is 0 Å². The van der Waals surface area contributed by atoms with Crippen LogP contribution >= 0.6 is 23.2 Å². The topological polar surface area (TPSA) is 61.7 Å². The third kappa shape index (κ3) is 4.48. The molecule has 0 fully saturated rings. The number of carboxylic acids is 1. The number of hydrogen-bond acceptors (Lipinski definition) is 3. The van der Waals surface area contributed by atoms with Crippen molar-refractivity contribution in [3.05, 3.63) is 64.1 Å². The molecule has 0 bridgehead atoms. The van der Waals surface area contributed by atoms with E-state index in [-0.39, 0.29) is 12.1 Å². The van der Waals surface area contributed by atoms with Crippen LogP contribution in [-0.4, -0.2) is 16.8 Å². The van der Waals surface area contributed by atoms with Gasteiger partial charge in [-0.1, -0.05) is 53.5 Å². The van der Waals surface area contributed by atoms with Gasteiger partial charge >= 0.3 is 5.97 Å². The third-order valence-corrected chi connectivity index (χ3v) is 3.44. The molecule has 0 saturated heterocycles. The quantitative estimate of drug-likeness (QED) is 0.643. The zero-order valence-corrected chi connectivity index (χ0v) is 12.4. The standard InChI is InChI=1S/C15H12Cl2N2O2/c16-12-7-6-11(9-13(12)17)18-19-14(15(20)21)8-10-4-2-1-3-5-10/h1-7,9,18H,8H2,(H,20,21). The summed E-state index contributed by atoms with van der Waals surface area (Å²) in [5.41, 5.74) is 4.12. The van der Waals surface area contributed by atoms with E-state index in [9.17, 15) is 9.90 Å². The van der Waals surface area contributed by atoms with Crippen LogP contribution in [0.5, 0.6) is 0 Å². The molecule has 0 spiro atoms. The van der Waals surface area contributed by atoms with E-state index in [4.69, 9.17) is 23.2 Å². The predicted molar refractivity (Wildman–Crippen MR) is 85.3 cm³/mol. The highest BCUT2D eigenvalue weighted by Gasteiger charge is 2.10. The van der Waals surface area contributed by atoms with Gasteiger partial charge in [0.25, 0.3) is 0 Å². The molecule has 6 heteroatoms. The van der Waals surface area contributed by atoms with Gasteiger partial charge in [-0.25, -0.2) is 4.79 Å². The number of nitrogens with one attached hydrogen (secondary N) is 1. The van der Waals surface area contributed by atoms with Gasteiger partial charge in [-0.3, -0.25) is 5.43 Å². The van der Waals surface area contributed by atoms with E-state index in [1.807, 2.05) is 30.3 Å². The molecule has 2 aromatic rings. The Bertz CT molecular complexity index is 673. The molecule has 0 aliphatic rings. The summed E-state index contributed by atoms with van der Waals surface area (Å²) in [7, 11) is 0. The van der Waals surface area contributed by atoms with Crippen molar-refractivity contribution in [1.82, 2.24) is 0 Å². The molecule has 0 unspecified atom stereocenters. The summed E-state index contributed by atoms with van der Waals surface area (Å²) in [6.07, 6.45) is 0.227. The van der Waals surface area contributed by atoms with Crippen molar-refractivity contribution in [3.8, 4) is 0 Å². The van der Waals surface area contributed by atoms with Gasteiger partial charge in [0.1, 0.15) is 5.71 Å². The number of carbonyl (C=O) groups is 1. The molecule has 2 N–H and O–H groups in total. The van der Waals surface area contributed by atoms with Gasteiger partial charge in [-0.05, 0) is 23.8 Å². The second-order valence-electron chi connectivity index (χ2n) is 4.27. The summed E-state index contributed by atoms with van der Waals surface area (Å²) >= 11 is 11.7. The van der Waals surface area contributed by atoms with Gasteiger partial charge in [0.05, 0.1) is 15.7 Å². The van der Waals surface area contributed by atoms with Crippen LogP contribution in [0.4, 0.5) is 5.69 Å². The summed E-state index contributed by atoms with van der Waals surface area (Å²) in [6.45, 7) is 0. The molecule has 21 heavy (non-hydrogen) atoms. The average Bonchev–Trinajstić information content (AvgIpc) is 2.47. The SMILES string of the molecule is O=C(O)C(Cc1ccccc1)=NNc1ccc(Cl)c(Cl)c1.